The number of aryl methyl sites for hydroxylation is 1. The predicted molar refractivity (Wildman–Crippen MR) is 143 cm³/mol. The summed E-state index contributed by atoms with van der Waals surface area (Å²) in [6.07, 6.45) is 3.36. The number of nitrogens with two attached hydrogens (primary N) is 1. The highest BCUT2D eigenvalue weighted by molar-refractivity contribution is 6.24. The van der Waals surface area contributed by atoms with E-state index in [0.717, 1.165) is 41.1 Å². The number of hydrogen-bond donors (Lipinski definition) is 3. The Morgan fingerprint density at radius 1 is 1.11 bits per heavy atom. The topological polar surface area (TPSA) is 139 Å². The third kappa shape index (κ3) is 4.89. The molecule has 3 aromatic carbocycles. The number of nitro benzene ring substituents is 1. The van der Waals surface area contributed by atoms with Crippen LogP contribution in [-0.2, 0) is 17.6 Å². The molecule has 0 radical (unpaired) electrons. The average molecular weight is 495 g/mol. The minimum Gasteiger partial charge on any atom is -0.342 e. The van der Waals surface area contributed by atoms with Crippen molar-refractivity contribution in [3.8, 4) is 11.3 Å². The van der Waals surface area contributed by atoms with E-state index in [1.54, 1.807) is 12.3 Å². The number of imidazole rings is 1. The quantitative estimate of drug-likeness (QED) is 0.181. The van der Waals surface area contributed by atoms with E-state index in [2.05, 4.69) is 15.3 Å². The van der Waals surface area contributed by atoms with E-state index in [0.29, 0.717) is 29.2 Å². The number of rotatable bonds is 8. The highest BCUT2D eigenvalue weighted by atomic mass is 16.6. The van der Waals surface area contributed by atoms with Gasteiger partial charge in [0.25, 0.3) is 5.69 Å². The maximum absolute atomic E-state index is 13.2. The molecule has 0 spiro atoms. The first-order chi connectivity index (χ1) is 18.0. The van der Waals surface area contributed by atoms with Gasteiger partial charge in [0, 0.05) is 29.8 Å². The van der Waals surface area contributed by atoms with Crippen LogP contribution in [0.5, 0.6) is 0 Å². The molecule has 0 fully saturated rings. The number of H-pyrrole nitrogens is 1. The van der Waals surface area contributed by atoms with E-state index < -0.39 is 10.8 Å². The van der Waals surface area contributed by atoms with Crippen molar-refractivity contribution >= 4 is 28.7 Å². The summed E-state index contributed by atoms with van der Waals surface area (Å²) in [4.78, 5) is 36.7. The lowest BCUT2D eigenvalue weighted by atomic mass is 9.90. The van der Waals surface area contributed by atoms with Crippen LogP contribution in [0.15, 0.2) is 77.9 Å². The molecule has 1 aromatic heterocycles. The summed E-state index contributed by atoms with van der Waals surface area (Å²) in [7, 11) is 0. The lowest BCUT2D eigenvalue weighted by Gasteiger charge is -2.14. The second kappa shape index (κ2) is 10.2. The number of non-ortho nitro benzene ring substituents is 1. The number of fused-ring (bicyclic) bond motifs is 1. The molecule has 4 N–H and O–H groups in total. The van der Waals surface area contributed by atoms with E-state index in [9.17, 15) is 14.9 Å². The second-order valence-electron chi connectivity index (χ2n) is 8.83. The molecule has 1 atom stereocenters. The van der Waals surface area contributed by atoms with Crippen molar-refractivity contribution in [2.75, 3.05) is 11.9 Å². The number of aromatic amines is 1. The molecule has 1 aliphatic rings. The fourth-order valence-corrected chi connectivity index (χ4v) is 4.48. The molecule has 1 aliphatic heterocycles. The Bertz CT molecular complexity index is 1490. The van der Waals surface area contributed by atoms with Gasteiger partial charge < -0.3 is 16.0 Å². The van der Waals surface area contributed by atoms with Crippen LogP contribution in [0.4, 0.5) is 17.1 Å². The molecule has 2 heterocycles. The largest absolute Gasteiger partial charge is 0.342 e. The van der Waals surface area contributed by atoms with Crippen LogP contribution in [0.25, 0.3) is 11.3 Å². The molecule has 1 amide bonds. The molecule has 0 aliphatic carbocycles. The number of anilines is 1. The first kappa shape index (κ1) is 24.1. The fourth-order valence-electron chi connectivity index (χ4n) is 4.48. The molecule has 0 saturated carbocycles. The molecule has 0 saturated heterocycles. The number of nitrogens with one attached hydrogen (secondary N) is 2. The Morgan fingerprint density at radius 2 is 1.86 bits per heavy atom. The van der Waals surface area contributed by atoms with E-state index in [4.69, 9.17) is 10.7 Å². The zero-order valence-electron chi connectivity index (χ0n) is 20.3. The molecule has 37 heavy (non-hydrogen) atoms. The first-order valence-corrected chi connectivity index (χ1v) is 12.1. The summed E-state index contributed by atoms with van der Waals surface area (Å²) in [5.74, 6) is -0.159. The van der Waals surface area contributed by atoms with Gasteiger partial charge in [-0.05, 0) is 47.9 Å². The van der Waals surface area contributed by atoms with Crippen molar-refractivity contribution in [3.05, 3.63) is 106 Å². The Kier molecular flexibility index (Phi) is 6.61. The number of nitrogens with zero attached hydrogens (tertiary/aromatic N) is 3. The number of benzene rings is 3. The van der Waals surface area contributed by atoms with Gasteiger partial charge in [0.2, 0.25) is 5.91 Å². The van der Waals surface area contributed by atoms with E-state index >= 15 is 0 Å². The van der Waals surface area contributed by atoms with E-state index in [1.165, 1.54) is 12.1 Å². The summed E-state index contributed by atoms with van der Waals surface area (Å²) in [6, 6.07) is 19.8. The van der Waals surface area contributed by atoms with Gasteiger partial charge in [0.05, 0.1) is 28.2 Å². The van der Waals surface area contributed by atoms with Crippen LogP contribution < -0.4 is 11.1 Å². The van der Waals surface area contributed by atoms with Gasteiger partial charge in [-0.3, -0.25) is 19.9 Å². The number of hydrogen-bond acceptors (Lipinski definition) is 6. The maximum Gasteiger partial charge on any atom is 0.269 e. The molecule has 0 bridgehead atoms. The lowest BCUT2D eigenvalue weighted by Crippen LogP contribution is -2.22. The van der Waals surface area contributed by atoms with Crippen LogP contribution in [0, 0.1) is 10.1 Å². The highest BCUT2D eigenvalue weighted by Gasteiger charge is 2.36. The van der Waals surface area contributed by atoms with Gasteiger partial charge in [0.1, 0.15) is 11.7 Å². The number of carbonyl (C=O) groups excluding carboxylic acids is 1. The first-order valence-electron chi connectivity index (χ1n) is 12.1. The van der Waals surface area contributed by atoms with Crippen molar-refractivity contribution in [3.63, 3.8) is 0 Å². The van der Waals surface area contributed by atoms with Gasteiger partial charge in [-0.2, -0.15) is 0 Å². The van der Waals surface area contributed by atoms with Crippen LogP contribution in [0.1, 0.15) is 35.4 Å². The summed E-state index contributed by atoms with van der Waals surface area (Å²) >= 11 is 0. The third-order valence-corrected chi connectivity index (χ3v) is 6.42. The minimum atomic E-state index is -0.797. The number of aromatic nitrogens is 2. The standard InChI is InChI=1S/C28H26N6O3/c1-2-25-30-16-24(32-25)18-7-9-20(10-8-18)31-27(19-5-3-17(4-6-19)13-14-29)26-22-15-21(34(36)37)11-12-23(22)33-28(26)35/h3-12,15-16,26H,2,13-14,29H2,1H3,(H,30,32)(H,33,35). The fraction of sp³-hybridized carbons (Fsp3) is 0.179. The van der Waals surface area contributed by atoms with Crippen molar-refractivity contribution in [1.82, 2.24) is 9.97 Å². The smallest absolute Gasteiger partial charge is 0.269 e. The molecule has 4 aromatic rings. The van der Waals surface area contributed by atoms with E-state index in [-0.39, 0.29) is 11.6 Å². The molecule has 9 heteroatoms. The normalized spacial score (nSPS) is 14.9. The van der Waals surface area contributed by atoms with Crippen LogP contribution in [0.2, 0.25) is 0 Å². The molecule has 5 rings (SSSR count). The van der Waals surface area contributed by atoms with Gasteiger partial charge in [-0.1, -0.05) is 43.3 Å². The predicted octanol–water partition coefficient (Wildman–Crippen LogP) is 4.91. The van der Waals surface area contributed by atoms with Crippen LogP contribution >= 0.6 is 0 Å². The molecule has 9 nitrogen and oxygen atoms in total. The summed E-state index contributed by atoms with van der Waals surface area (Å²) in [5, 5.41) is 14.3. The van der Waals surface area contributed by atoms with Crippen molar-refractivity contribution in [2.45, 2.75) is 25.7 Å². The Balaban J connectivity index is 1.58. The number of aliphatic imine (C=N–C) groups is 1. The zero-order chi connectivity index (χ0) is 25.9. The van der Waals surface area contributed by atoms with Gasteiger partial charge in [-0.25, -0.2) is 4.98 Å². The average Bonchev–Trinajstić information content (AvgIpc) is 3.52. The SMILES string of the molecule is CCc1ncc(-c2ccc(N=C(c3ccc(CCN)cc3)C3C(=O)Nc4ccc([N+](=O)[O-])cc43)cc2)[nH]1. The minimum absolute atomic E-state index is 0.0757. The molecule has 1 unspecified atom stereocenters. The number of amides is 1. The Morgan fingerprint density at radius 3 is 2.51 bits per heavy atom. The second-order valence-corrected chi connectivity index (χ2v) is 8.83. The monoisotopic (exact) mass is 494 g/mol. The van der Waals surface area contributed by atoms with Crippen molar-refractivity contribution in [2.24, 2.45) is 10.7 Å². The summed E-state index contributed by atoms with van der Waals surface area (Å²) in [6.45, 7) is 2.57. The van der Waals surface area contributed by atoms with Gasteiger partial charge in [0.15, 0.2) is 0 Å². The molecule has 186 valence electrons. The van der Waals surface area contributed by atoms with Crippen molar-refractivity contribution in [1.29, 1.82) is 0 Å². The summed E-state index contributed by atoms with van der Waals surface area (Å²) in [5.41, 5.74) is 11.6. The van der Waals surface area contributed by atoms with E-state index in [1.807, 2.05) is 55.5 Å². The van der Waals surface area contributed by atoms with Crippen LogP contribution in [0.3, 0.4) is 0 Å². The number of carbonyl (C=O) groups is 1. The lowest BCUT2D eigenvalue weighted by molar-refractivity contribution is -0.384. The zero-order valence-corrected chi connectivity index (χ0v) is 20.3. The molecular weight excluding hydrogens is 468 g/mol. The molecular formula is C28H26N6O3. The van der Waals surface area contributed by atoms with Crippen LogP contribution in [-0.4, -0.2) is 33.1 Å². The highest BCUT2D eigenvalue weighted by Crippen LogP contribution is 2.38. The third-order valence-electron chi connectivity index (χ3n) is 6.42. The Hall–Kier alpha value is -4.63. The maximum atomic E-state index is 13.2. The Labute approximate surface area is 213 Å². The van der Waals surface area contributed by atoms with Gasteiger partial charge >= 0.3 is 0 Å². The summed E-state index contributed by atoms with van der Waals surface area (Å²) < 4.78 is 0. The van der Waals surface area contributed by atoms with Gasteiger partial charge in [-0.15, -0.1) is 0 Å². The van der Waals surface area contributed by atoms with Crippen molar-refractivity contribution < 1.29 is 9.72 Å². The number of nitro groups is 1.